The maximum Gasteiger partial charge on any atom is 0.211 e. The summed E-state index contributed by atoms with van der Waals surface area (Å²) in [5, 5.41) is 6.34. The van der Waals surface area contributed by atoms with Crippen LogP contribution in [0.1, 0.15) is 30.9 Å². The molecule has 7 nitrogen and oxygen atoms in total. The van der Waals surface area contributed by atoms with Crippen LogP contribution in [0.2, 0.25) is 0 Å². The van der Waals surface area contributed by atoms with Gasteiger partial charge in [-0.15, -0.1) is 24.0 Å². The number of sulfonamides is 1. The molecule has 1 aromatic rings. The number of guanidine groups is 1. The van der Waals surface area contributed by atoms with Gasteiger partial charge in [0.05, 0.1) is 12.4 Å². The topological polar surface area (TPSA) is 91.8 Å². The number of ether oxygens (including phenoxy) is 1. The molecule has 1 fully saturated rings. The maximum atomic E-state index is 11.4. The molecule has 1 aliphatic carbocycles. The molecule has 1 aromatic carbocycles. The Morgan fingerprint density at radius 2 is 2.00 bits per heavy atom. The molecular formula is C18H31IN4O3S. The molecule has 0 bridgehead atoms. The van der Waals surface area contributed by atoms with Crippen molar-refractivity contribution < 1.29 is 13.2 Å². The van der Waals surface area contributed by atoms with E-state index >= 15 is 0 Å². The maximum absolute atomic E-state index is 11.4. The van der Waals surface area contributed by atoms with Crippen molar-refractivity contribution in [2.75, 3.05) is 32.5 Å². The summed E-state index contributed by atoms with van der Waals surface area (Å²) in [5.41, 5.74) is 2.25. The van der Waals surface area contributed by atoms with Crippen LogP contribution in [0.3, 0.4) is 0 Å². The van der Waals surface area contributed by atoms with Gasteiger partial charge in [0.1, 0.15) is 5.75 Å². The molecule has 3 N–H and O–H groups in total. The van der Waals surface area contributed by atoms with E-state index in [0.717, 1.165) is 17.9 Å². The SMILES string of the molecule is CCS(=O)(=O)NCCNC(=NC)NCc1ccc(C)cc1OCC1CC1.I. The minimum atomic E-state index is -3.16. The van der Waals surface area contributed by atoms with E-state index in [4.69, 9.17) is 4.74 Å². The van der Waals surface area contributed by atoms with Crippen molar-refractivity contribution >= 4 is 40.0 Å². The van der Waals surface area contributed by atoms with Crippen molar-refractivity contribution in [2.24, 2.45) is 10.9 Å². The van der Waals surface area contributed by atoms with Gasteiger partial charge in [-0.1, -0.05) is 12.1 Å². The molecule has 0 aliphatic heterocycles. The number of aryl methyl sites for hydroxylation is 1. The van der Waals surface area contributed by atoms with Gasteiger partial charge in [-0.2, -0.15) is 0 Å². The third kappa shape index (κ3) is 9.11. The van der Waals surface area contributed by atoms with E-state index in [-0.39, 0.29) is 29.7 Å². The van der Waals surface area contributed by atoms with Gasteiger partial charge in [-0.05, 0) is 44.2 Å². The summed E-state index contributed by atoms with van der Waals surface area (Å²) in [4.78, 5) is 4.17. The highest BCUT2D eigenvalue weighted by Gasteiger charge is 2.22. The molecule has 27 heavy (non-hydrogen) atoms. The second kappa shape index (κ2) is 11.7. The van der Waals surface area contributed by atoms with E-state index in [0.29, 0.717) is 31.5 Å². The number of rotatable bonds is 10. The Hall–Kier alpha value is -1.07. The predicted octanol–water partition coefficient (Wildman–Crippen LogP) is 2.01. The number of nitrogens with zero attached hydrogens (tertiary/aromatic N) is 1. The number of hydrogen-bond donors (Lipinski definition) is 3. The minimum absolute atomic E-state index is 0. The van der Waals surface area contributed by atoms with Gasteiger partial charge in [0, 0.05) is 32.2 Å². The zero-order valence-corrected chi connectivity index (χ0v) is 19.4. The summed E-state index contributed by atoms with van der Waals surface area (Å²) in [6.45, 7) is 5.80. The largest absolute Gasteiger partial charge is 0.493 e. The highest BCUT2D eigenvalue weighted by atomic mass is 127. The van der Waals surface area contributed by atoms with E-state index in [9.17, 15) is 8.42 Å². The summed E-state index contributed by atoms with van der Waals surface area (Å²) in [5.74, 6) is 2.32. The van der Waals surface area contributed by atoms with E-state index in [1.54, 1.807) is 14.0 Å². The fourth-order valence-electron chi connectivity index (χ4n) is 2.32. The van der Waals surface area contributed by atoms with Gasteiger partial charge in [0.2, 0.25) is 10.0 Å². The first-order chi connectivity index (χ1) is 12.4. The van der Waals surface area contributed by atoms with Crippen molar-refractivity contribution in [2.45, 2.75) is 33.2 Å². The van der Waals surface area contributed by atoms with Crippen LogP contribution >= 0.6 is 24.0 Å². The molecule has 1 saturated carbocycles. The standard InChI is InChI=1S/C18H30N4O3S.HI/c1-4-26(23,24)22-10-9-20-18(19-3)21-12-16-8-5-14(2)11-17(16)25-13-15-6-7-15;/h5,8,11,15,22H,4,6-7,9-10,12-13H2,1-3H3,(H2,19,20,21);1H. The van der Waals surface area contributed by atoms with Crippen LogP contribution in [0.4, 0.5) is 0 Å². The van der Waals surface area contributed by atoms with Crippen molar-refractivity contribution in [1.29, 1.82) is 0 Å². The molecule has 0 saturated heterocycles. The number of nitrogens with one attached hydrogen (secondary N) is 3. The Kier molecular flexibility index (Phi) is 10.4. The van der Waals surface area contributed by atoms with Crippen LogP contribution in [0.5, 0.6) is 5.75 Å². The summed E-state index contributed by atoms with van der Waals surface area (Å²) < 4.78 is 31.3. The van der Waals surface area contributed by atoms with Gasteiger partial charge < -0.3 is 15.4 Å². The third-order valence-electron chi connectivity index (χ3n) is 4.18. The van der Waals surface area contributed by atoms with Crippen molar-refractivity contribution in [3.8, 4) is 5.75 Å². The van der Waals surface area contributed by atoms with Gasteiger partial charge in [-0.3, -0.25) is 4.99 Å². The summed E-state index contributed by atoms with van der Waals surface area (Å²) in [6.07, 6.45) is 2.52. The van der Waals surface area contributed by atoms with E-state index in [2.05, 4.69) is 45.5 Å². The number of benzene rings is 1. The molecule has 2 rings (SSSR count). The van der Waals surface area contributed by atoms with Crippen LogP contribution in [0.25, 0.3) is 0 Å². The second-order valence-corrected chi connectivity index (χ2v) is 8.61. The monoisotopic (exact) mass is 510 g/mol. The van der Waals surface area contributed by atoms with Crippen LogP contribution in [0.15, 0.2) is 23.2 Å². The molecule has 0 aromatic heterocycles. The molecule has 154 valence electrons. The first-order valence-electron chi connectivity index (χ1n) is 9.07. The average Bonchev–Trinajstić information content (AvgIpc) is 3.45. The number of aliphatic imine (C=N–C) groups is 1. The first kappa shape index (κ1) is 24.0. The van der Waals surface area contributed by atoms with E-state index < -0.39 is 10.0 Å². The minimum Gasteiger partial charge on any atom is -0.493 e. The average molecular weight is 510 g/mol. The van der Waals surface area contributed by atoms with E-state index in [1.165, 1.54) is 18.4 Å². The summed E-state index contributed by atoms with van der Waals surface area (Å²) >= 11 is 0. The molecular weight excluding hydrogens is 479 g/mol. The Morgan fingerprint density at radius 3 is 2.63 bits per heavy atom. The molecule has 1 aliphatic rings. The number of halogens is 1. The van der Waals surface area contributed by atoms with Crippen LogP contribution in [-0.2, 0) is 16.6 Å². The quantitative estimate of drug-likeness (QED) is 0.194. The fourth-order valence-corrected chi connectivity index (χ4v) is 2.94. The van der Waals surface area contributed by atoms with Gasteiger partial charge in [-0.25, -0.2) is 13.1 Å². The Morgan fingerprint density at radius 1 is 1.26 bits per heavy atom. The lowest BCUT2D eigenvalue weighted by molar-refractivity contribution is 0.296. The second-order valence-electron chi connectivity index (χ2n) is 6.52. The normalized spacial score (nSPS) is 14.4. The molecule has 0 amide bonds. The molecule has 0 radical (unpaired) electrons. The van der Waals surface area contributed by atoms with Crippen LogP contribution in [-0.4, -0.2) is 46.9 Å². The van der Waals surface area contributed by atoms with Crippen molar-refractivity contribution in [1.82, 2.24) is 15.4 Å². The van der Waals surface area contributed by atoms with E-state index in [1.807, 2.05) is 0 Å². The zero-order chi connectivity index (χ0) is 19.0. The summed E-state index contributed by atoms with van der Waals surface area (Å²) in [6, 6.07) is 6.19. The smallest absolute Gasteiger partial charge is 0.211 e. The first-order valence-corrected chi connectivity index (χ1v) is 10.7. The lowest BCUT2D eigenvalue weighted by Crippen LogP contribution is -2.41. The molecule has 0 unspecified atom stereocenters. The lowest BCUT2D eigenvalue weighted by Gasteiger charge is -2.15. The molecule has 0 atom stereocenters. The van der Waals surface area contributed by atoms with Crippen molar-refractivity contribution in [3.63, 3.8) is 0 Å². The lowest BCUT2D eigenvalue weighted by atomic mass is 10.1. The van der Waals surface area contributed by atoms with Gasteiger partial charge >= 0.3 is 0 Å². The van der Waals surface area contributed by atoms with Crippen LogP contribution < -0.4 is 20.1 Å². The van der Waals surface area contributed by atoms with Crippen LogP contribution in [0, 0.1) is 12.8 Å². The predicted molar refractivity (Wildman–Crippen MR) is 120 cm³/mol. The highest BCUT2D eigenvalue weighted by Crippen LogP contribution is 2.30. The highest BCUT2D eigenvalue weighted by molar-refractivity contribution is 14.0. The molecule has 9 heteroatoms. The van der Waals surface area contributed by atoms with Crippen molar-refractivity contribution in [3.05, 3.63) is 29.3 Å². The summed E-state index contributed by atoms with van der Waals surface area (Å²) in [7, 11) is -1.48. The fraction of sp³-hybridized carbons (Fsp3) is 0.611. The third-order valence-corrected chi connectivity index (χ3v) is 5.59. The molecule has 0 spiro atoms. The Balaban J connectivity index is 0.00000364. The zero-order valence-electron chi connectivity index (χ0n) is 16.2. The van der Waals surface area contributed by atoms with Gasteiger partial charge in [0.15, 0.2) is 5.96 Å². The Labute approximate surface area is 179 Å². The number of hydrogen-bond acceptors (Lipinski definition) is 4. The molecule has 0 heterocycles. The Bertz CT molecular complexity index is 721. The van der Waals surface area contributed by atoms with Gasteiger partial charge in [0.25, 0.3) is 0 Å².